The molecule has 0 unspecified atom stereocenters. The Morgan fingerprint density at radius 2 is 0.692 bits per heavy atom. The Bertz CT molecular complexity index is 4320. The SMILES string of the molecule is C=Cc1c(C=C)n(-c2ccccc2)c2ccc(-n3c4ccccc4c4cc5c(cc43)sc3cc4c(cc35)c3ccccc3n4-c3ccc4c(c3)c3ccccc3n4-c3ccccc3)cc12. The number of hydrogen-bond acceptors (Lipinski definition) is 1. The van der Waals surface area contributed by atoms with Crippen LogP contribution in [0, 0.1) is 0 Å². The molecule has 5 heteroatoms. The summed E-state index contributed by atoms with van der Waals surface area (Å²) in [5.41, 5.74) is 15.0. The van der Waals surface area contributed by atoms with Gasteiger partial charge < -0.3 is 18.3 Å². The second-order valence-corrected chi connectivity index (χ2v) is 18.1. The van der Waals surface area contributed by atoms with Crippen molar-refractivity contribution in [2.24, 2.45) is 0 Å². The first-order valence-electron chi connectivity index (χ1n) is 22.1. The highest BCUT2D eigenvalue weighted by atomic mass is 32.1. The molecule has 0 spiro atoms. The second-order valence-electron chi connectivity index (χ2n) is 17.0. The number of hydrogen-bond donors (Lipinski definition) is 0. The minimum atomic E-state index is 1.04. The Kier molecular flexibility index (Phi) is 7.54. The summed E-state index contributed by atoms with van der Waals surface area (Å²) in [6, 6.07) is 71.2. The van der Waals surface area contributed by atoms with Crippen molar-refractivity contribution in [2.75, 3.05) is 0 Å². The molecule has 14 aromatic rings. The van der Waals surface area contributed by atoms with E-state index in [2.05, 4.69) is 226 Å². The minimum Gasteiger partial charge on any atom is -0.309 e. The number of aromatic nitrogens is 4. The minimum absolute atomic E-state index is 1.04. The zero-order valence-corrected chi connectivity index (χ0v) is 36.1. The lowest BCUT2D eigenvalue weighted by atomic mass is 10.1. The van der Waals surface area contributed by atoms with Gasteiger partial charge in [-0.25, -0.2) is 0 Å². The van der Waals surface area contributed by atoms with Gasteiger partial charge in [0.1, 0.15) is 0 Å². The Balaban J connectivity index is 0.986. The highest BCUT2D eigenvalue weighted by Gasteiger charge is 2.22. The van der Waals surface area contributed by atoms with Crippen LogP contribution < -0.4 is 0 Å². The van der Waals surface area contributed by atoms with Crippen molar-refractivity contribution in [2.45, 2.75) is 0 Å². The Morgan fingerprint density at radius 3 is 1.18 bits per heavy atom. The number of rotatable bonds is 6. The molecule has 0 radical (unpaired) electrons. The monoisotopic (exact) mass is 846 g/mol. The van der Waals surface area contributed by atoms with Crippen LogP contribution in [0.15, 0.2) is 207 Å². The molecular formula is C60H38N4S. The molecule has 0 saturated heterocycles. The molecular weight excluding hydrogens is 809 g/mol. The summed E-state index contributed by atoms with van der Waals surface area (Å²) in [6.07, 6.45) is 3.91. The van der Waals surface area contributed by atoms with Crippen LogP contribution >= 0.6 is 11.3 Å². The van der Waals surface area contributed by atoms with Gasteiger partial charge in [0.2, 0.25) is 0 Å². The summed E-state index contributed by atoms with van der Waals surface area (Å²) < 4.78 is 12.1. The van der Waals surface area contributed by atoms with Crippen molar-refractivity contribution in [3.63, 3.8) is 0 Å². The first kappa shape index (κ1) is 36.1. The lowest BCUT2D eigenvalue weighted by Crippen LogP contribution is -1.97. The summed E-state index contributed by atoms with van der Waals surface area (Å²) in [7, 11) is 0. The molecule has 5 heterocycles. The molecule has 0 aliphatic heterocycles. The molecule has 0 aliphatic rings. The first-order chi connectivity index (χ1) is 32.2. The fourth-order valence-corrected chi connectivity index (χ4v) is 12.1. The zero-order valence-electron chi connectivity index (χ0n) is 35.2. The summed E-state index contributed by atoms with van der Waals surface area (Å²) in [6.45, 7) is 8.49. The van der Waals surface area contributed by atoms with Crippen LogP contribution in [0.5, 0.6) is 0 Å². The smallest absolute Gasteiger partial charge is 0.0555 e. The second kappa shape index (κ2) is 13.6. The molecule has 304 valence electrons. The normalized spacial score (nSPS) is 12.1. The Morgan fingerprint density at radius 1 is 0.292 bits per heavy atom. The fourth-order valence-electron chi connectivity index (χ4n) is 10.9. The summed E-state index contributed by atoms with van der Waals surface area (Å²) >= 11 is 1.88. The first-order valence-corrected chi connectivity index (χ1v) is 22.9. The topological polar surface area (TPSA) is 19.7 Å². The van der Waals surface area contributed by atoms with E-state index in [1.54, 1.807) is 0 Å². The third-order valence-corrected chi connectivity index (χ3v) is 14.8. The van der Waals surface area contributed by atoms with Crippen LogP contribution in [-0.4, -0.2) is 18.3 Å². The van der Waals surface area contributed by atoms with Crippen LogP contribution in [0.25, 0.3) is 131 Å². The molecule has 0 amide bonds. The van der Waals surface area contributed by atoms with Crippen LogP contribution in [0.1, 0.15) is 11.3 Å². The van der Waals surface area contributed by atoms with E-state index in [1.807, 2.05) is 23.5 Å². The number of thiophene rings is 1. The lowest BCUT2D eigenvalue weighted by molar-refractivity contribution is 1.10. The largest absolute Gasteiger partial charge is 0.309 e. The molecule has 0 saturated carbocycles. The van der Waals surface area contributed by atoms with Gasteiger partial charge in [-0.05, 0) is 109 Å². The van der Waals surface area contributed by atoms with E-state index < -0.39 is 0 Å². The van der Waals surface area contributed by atoms with Crippen LogP contribution in [0.3, 0.4) is 0 Å². The molecule has 0 N–H and O–H groups in total. The van der Waals surface area contributed by atoms with Gasteiger partial charge in [0.05, 0.1) is 44.3 Å². The predicted octanol–water partition coefficient (Wildman–Crippen LogP) is 16.6. The molecule has 65 heavy (non-hydrogen) atoms. The van der Waals surface area contributed by atoms with Gasteiger partial charge in [-0.1, -0.05) is 110 Å². The highest BCUT2D eigenvalue weighted by Crippen LogP contribution is 2.45. The molecule has 5 aromatic heterocycles. The van der Waals surface area contributed by atoms with E-state index >= 15 is 0 Å². The van der Waals surface area contributed by atoms with E-state index in [4.69, 9.17) is 0 Å². The van der Waals surface area contributed by atoms with Crippen LogP contribution in [0.2, 0.25) is 0 Å². The van der Waals surface area contributed by atoms with Crippen molar-refractivity contribution in [3.8, 4) is 22.7 Å². The van der Waals surface area contributed by atoms with Crippen molar-refractivity contribution in [1.82, 2.24) is 18.3 Å². The zero-order chi connectivity index (χ0) is 42.9. The summed E-state index contributed by atoms with van der Waals surface area (Å²) in [5.74, 6) is 0. The number of nitrogens with zero attached hydrogens (tertiary/aromatic N) is 4. The maximum atomic E-state index is 4.26. The van der Waals surface area contributed by atoms with Crippen LogP contribution in [0.4, 0.5) is 0 Å². The molecule has 0 bridgehead atoms. The molecule has 0 atom stereocenters. The number of benzene rings is 9. The summed E-state index contributed by atoms with van der Waals surface area (Å²) in [4.78, 5) is 0. The van der Waals surface area contributed by atoms with E-state index in [-0.39, 0.29) is 0 Å². The van der Waals surface area contributed by atoms with Gasteiger partial charge in [0.25, 0.3) is 0 Å². The van der Waals surface area contributed by atoms with Gasteiger partial charge in [-0.15, -0.1) is 11.3 Å². The van der Waals surface area contributed by atoms with Gasteiger partial charge in [0.15, 0.2) is 0 Å². The number of fused-ring (bicyclic) bond motifs is 13. The van der Waals surface area contributed by atoms with Gasteiger partial charge in [0, 0.05) is 86.2 Å². The average molecular weight is 847 g/mol. The third kappa shape index (κ3) is 5.01. The van der Waals surface area contributed by atoms with Crippen molar-refractivity contribution in [1.29, 1.82) is 0 Å². The Labute approximate surface area is 377 Å². The van der Waals surface area contributed by atoms with E-state index in [0.717, 1.165) is 44.9 Å². The van der Waals surface area contributed by atoms with Gasteiger partial charge in [-0.3, -0.25) is 0 Å². The molecule has 0 aliphatic carbocycles. The lowest BCUT2D eigenvalue weighted by Gasteiger charge is -2.11. The number of para-hydroxylation sites is 5. The maximum absolute atomic E-state index is 4.26. The van der Waals surface area contributed by atoms with Crippen molar-refractivity contribution >= 4 is 120 Å². The van der Waals surface area contributed by atoms with Crippen LogP contribution in [-0.2, 0) is 0 Å². The predicted molar refractivity (Wildman–Crippen MR) is 279 cm³/mol. The van der Waals surface area contributed by atoms with Gasteiger partial charge in [-0.2, -0.15) is 0 Å². The molecule has 9 aromatic carbocycles. The molecule has 0 fully saturated rings. The highest BCUT2D eigenvalue weighted by molar-refractivity contribution is 7.26. The summed E-state index contributed by atoms with van der Waals surface area (Å²) in [5, 5.41) is 11.2. The average Bonchev–Trinajstić information content (AvgIpc) is 4.15. The standard InChI is InChI=1S/C60H38N4S/c1-3-41-45-31-39(27-29-55(45)61(51(41)4-2)37-17-7-5-8-18-37)63-53-25-15-12-22-43(53)47-33-49-50-34-48-44-23-13-16-26-54(44)64(58(48)36-60(50)65-59(49)35-57(47)63)40-28-30-56-46(32-40)42-21-11-14-24-52(42)62(56)38-19-9-6-10-20-38/h3-36H,1-2H2. The van der Waals surface area contributed by atoms with E-state index in [9.17, 15) is 0 Å². The van der Waals surface area contributed by atoms with Crippen molar-refractivity contribution < 1.29 is 0 Å². The molecule has 4 nitrogen and oxygen atoms in total. The fraction of sp³-hybridized carbons (Fsp3) is 0. The van der Waals surface area contributed by atoms with Crippen molar-refractivity contribution in [3.05, 3.63) is 219 Å². The maximum Gasteiger partial charge on any atom is 0.0555 e. The van der Waals surface area contributed by atoms with E-state index in [0.29, 0.717) is 0 Å². The van der Waals surface area contributed by atoms with E-state index in [1.165, 1.54) is 85.6 Å². The quantitative estimate of drug-likeness (QED) is 0.159. The molecule has 14 rings (SSSR count). The third-order valence-electron chi connectivity index (χ3n) is 13.7. The Hall–Kier alpha value is -8.38. The van der Waals surface area contributed by atoms with Gasteiger partial charge >= 0.3 is 0 Å².